The molecule has 1 N–H and O–H groups in total. The molecule has 0 spiro atoms. The van der Waals surface area contributed by atoms with Crippen LogP contribution in [0.4, 0.5) is 0 Å². The first-order valence-corrected chi connectivity index (χ1v) is 6.90. The quantitative estimate of drug-likeness (QED) is 0.687. The number of methoxy groups -OCH3 is 2. The van der Waals surface area contributed by atoms with Crippen molar-refractivity contribution in [2.75, 3.05) is 14.2 Å². The summed E-state index contributed by atoms with van der Waals surface area (Å²) in [5.74, 6) is 0.701. The normalized spacial score (nSPS) is 19.8. The molecule has 0 radical (unpaired) electrons. The Kier molecular flexibility index (Phi) is 4.56. The van der Waals surface area contributed by atoms with Crippen molar-refractivity contribution in [1.29, 1.82) is 0 Å². The zero-order valence-electron chi connectivity index (χ0n) is 13.4. The molecule has 0 saturated carbocycles. The van der Waals surface area contributed by atoms with E-state index in [1.165, 1.54) is 0 Å². The Morgan fingerprint density at radius 1 is 1.14 bits per heavy atom. The number of cyclic esters (lactones) is 1. The molecular formula is C17H20O5. The maximum atomic E-state index is 11.9. The summed E-state index contributed by atoms with van der Waals surface area (Å²) in [6.45, 7) is 5.47. The summed E-state index contributed by atoms with van der Waals surface area (Å²) < 4.78 is 15.4. The van der Waals surface area contributed by atoms with Gasteiger partial charge < -0.3 is 19.3 Å². The first-order chi connectivity index (χ1) is 10.4. The molecule has 0 bridgehead atoms. The van der Waals surface area contributed by atoms with Crippen LogP contribution in [0.15, 0.2) is 34.9 Å². The number of allylic oxidation sites excluding steroid dienone is 2. The van der Waals surface area contributed by atoms with E-state index < -0.39 is 12.3 Å². The monoisotopic (exact) mass is 304 g/mol. The fourth-order valence-electron chi connectivity index (χ4n) is 2.52. The number of aliphatic hydroxyl groups excluding tert-OH is 1. The van der Waals surface area contributed by atoms with Gasteiger partial charge in [-0.15, -0.1) is 0 Å². The third kappa shape index (κ3) is 2.72. The number of benzene rings is 1. The highest BCUT2D eigenvalue weighted by molar-refractivity contribution is 6.00. The zero-order chi connectivity index (χ0) is 16.4. The Balaban J connectivity index is 2.60. The summed E-state index contributed by atoms with van der Waals surface area (Å²) in [4.78, 5) is 11.9. The summed E-state index contributed by atoms with van der Waals surface area (Å²) in [7, 11) is 3.13. The van der Waals surface area contributed by atoms with Crippen LogP contribution in [0.25, 0.3) is 5.57 Å². The minimum Gasteiger partial charge on any atom is -0.493 e. The van der Waals surface area contributed by atoms with Crippen LogP contribution in [0.3, 0.4) is 0 Å². The second kappa shape index (κ2) is 6.23. The Morgan fingerprint density at radius 2 is 1.77 bits per heavy atom. The first-order valence-electron chi connectivity index (χ1n) is 6.90. The number of rotatable bonds is 3. The number of hydrogen-bond donors (Lipinski definition) is 1. The van der Waals surface area contributed by atoms with Crippen LogP contribution in [-0.2, 0) is 9.53 Å². The van der Waals surface area contributed by atoms with Crippen LogP contribution in [0.1, 0.15) is 26.3 Å². The van der Waals surface area contributed by atoms with Gasteiger partial charge in [0, 0.05) is 5.57 Å². The van der Waals surface area contributed by atoms with Gasteiger partial charge in [-0.2, -0.15) is 0 Å². The van der Waals surface area contributed by atoms with Crippen molar-refractivity contribution < 1.29 is 24.1 Å². The van der Waals surface area contributed by atoms with Crippen molar-refractivity contribution in [2.24, 2.45) is 0 Å². The summed E-state index contributed by atoms with van der Waals surface area (Å²) in [6, 6.07) is 5.44. The molecule has 5 nitrogen and oxygen atoms in total. The van der Waals surface area contributed by atoms with Crippen LogP contribution in [0.2, 0.25) is 0 Å². The lowest BCUT2D eigenvalue weighted by Gasteiger charge is -2.13. The Morgan fingerprint density at radius 3 is 2.32 bits per heavy atom. The smallest absolute Gasteiger partial charge is 0.341 e. The van der Waals surface area contributed by atoms with Gasteiger partial charge in [-0.1, -0.05) is 11.6 Å². The average Bonchev–Trinajstić information content (AvgIpc) is 2.80. The van der Waals surface area contributed by atoms with Crippen LogP contribution >= 0.6 is 0 Å². The van der Waals surface area contributed by atoms with E-state index in [9.17, 15) is 9.90 Å². The van der Waals surface area contributed by atoms with E-state index in [1.54, 1.807) is 26.4 Å². The van der Waals surface area contributed by atoms with Crippen molar-refractivity contribution in [2.45, 2.75) is 27.1 Å². The van der Waals surface area contributed by atoms with Crippen molar-refractivity contribution in [3.63, 3.8) is 0 Å². The van der Waals surface area contributed by atoms with Gasteiger partial charge in [0.1, 0.15) is 0 Å². The first kappa shape index (κ1) is 16.1. The lowest BCUT2D eigenvalue weighted by molar-refractivity contribution is -0.149. The third-order valence-corrected chi connectivity index (χ3v) is 3.66. The average molecular weight is 304 g/mol. The van der Waals surface area contributed by atoms with Crippen LogP contribution in [-0.4, -0.2) is 31.6 Å². The Hall–Kier alpha value is -2.27. The number of carbonyl (C=O) groups is 1. The van der Waals surface area contributed by atoms with Gasteiger partial charge >= 0.3 is 5.97 Å². The fraction of sp³-hybridized carbons (Fsp3) is 0.353. The van der Waals surface area contributed by atoms with Gasteiger partial charge in [-0.25, -0.2) is 4.79 Å². The van der Waals surface area contributed by atoms with Gasteiger partial charge in [-0.3, -0.25) is 0 Å². The molecule has 22 heavy (non-hydrogen) atoms. The summed E-state index contributed by atoms with van der Waals surface area (Å²) in [5.41, 5.74) is 3.31. The standard InChI is InChI=1S/C17H20O5/c1-9(2)14-15(17(19)22-16(14)18)10(3)11-6-7-12(20-4)13(8-11)21-5/h6-8,17,19H,1-5H3/b15-10+. The molecule has 0 amide bonds. The second-order valence-electron chi connectivity index (χ2n) is 5.24. The highest BCUT2D eigenvalue weighted by atomic mass is 16.6. The van der Waals surface area contributed by atoms with E-state index in [-0.39, 0.29) is 0 Å². The van der Waals surface area contributed by atoms with Crippen molar-refractivity contribution in [3.05, 3.63) is 40.5 Å². The molecule has 5 heteroatoms. The number of aliphatic hydroxyl groups is 1. The lowest BCUT2D eigenvalue weighted by Crippen LogP contribution is -2.07. The van der Waals surface area contributed by atoms with E-state index in [0.29, 0.717) is 22.6 Å². The van der Waals surface area contributed by atoms with Gasteiger partial charge in [-0.05, 0) is 44.0 Å². The zero-order valence-corrected chi connectivity index (χ0v) is 13.4. The SMILES string of the molecule is COc1ccc(/C(C)=C2\C(=C(C)C)C(=O)OC2O)cc1OC. The van der Waals surface area contributed by atoms with Crippen LogP contribution in [0, 0.1) is 0 Å². The summed E-state index contributed by atoms with van der Waals surface area (Å²) >= 11 is 0. The van der Waals surface area contributed by atoms with Gasteiger partial charge in [0.05, 0.1) is 19.8 Å². The van der Waals surface area contributed by atoms with Crippen molar-refractivity contribution in [1.82, 2.24) is 0 Å². The Labute approximate surface area is 129 Å². The number of ether oxygens (including phenoxy) is 3. The molecule has 0 aliphatic carbocycles. The molecule has 1 aliphatic heterocycles. The molecule has 0 aromatic heterocycles. The number of hydrogen-bond acceptors (Lipinski definition) is 5. The molecule has 1 aromatic rings. The molecule has 118 valence electrons. The maximum absolute atomic E-state index is 11.9. The molecule has 1 saturated heterocycles. The molecule has 1 aromatic carbocycles. The van der Waals surface area contributed by atoms with E-state index in [2.05, 4.69) is 0 Å². The van der Waals surface area contributed by atoms with Crippen molar-refractivity contribution >= 4 is 11.5 Å². The van der Waals surface area contributed by atoms with E-state index in [1.807, 2.05) is 26.8 Å². The molecule has 2 rings (SSSR count). The van der Waals surface area contributed by atoms with Crippen LogP contribution < -0.4 is 9.47 Å². The summed E-state index contributed by atoms with van der Waals surface area (Å²) in [5, 5.41) is 10.0. The predicted molar refractivity (Wildman–Crippen MR) is 82.6 cm³/mol. The van der Waals surface area contributed by atoms with Crippen LogP contribution in [0.5, 0.6) is 11.5 Å². The lowest BCUT2D eigenvalue weighted by atomic mass is 9.94. The topological polar surface area (TPSA) is 65.0 Å². The minimum atomic E-state index is -1.24. The minimum absolute atomic E-state index is 0.430. The Bertz CT molecular complexity index is 666. The number of esters is 1. The molecular weight excluding hydrogens is 284 g/mol. The molecule has 1 atom stereocenters. The highest BCUT2D eigenvalue weighted by Crippen LogP contribution is 2.37. The van der Waals surface area contributed by atoms with E-state index >= 15 is 0 Å². The molecule has 1 heterocycles. The highest BCUT2D eigenvalue weighted by Gasteiger charge is 2.35. The van der Waals surface area contributed by atoms with Gasteiger partial charge in [0.15, 0.2) is 11.5 Å². The number of carbonyl (C=O) groups excluding carboxylic acids is 1. The summed E-state index contributed by atoms with van der Waals surface area (Å²) in [6.07, 6.45) is -1.24. The van der Waals surface area contributed by atoms with E-state index in [0.717, 1.165) is 16.7 Å². The maximum Gasteiger partial charge on any atom is 0.341 e. The molecule has 1 fully saturated rings. The molecule has 1 unspecified atom stereocenters. The largest absolute Gasteiger partial charge is 0.493 e. The third-order valence-electron chi connectivity index (χ3n) is 3.66. The predicted octanol–water partition coefficient (Wildman–Crippen LogP) is 2.69. The van der Waals surface area contributed by atoms with E-state index in [4.69, 9.17) is 14.2 Å². The van der Waals surface area contributed by atoms with Crippen molar-refractivity contribution in [3.8, 4) is 11.5 Å². The van der Waals surface area contributed by atoms with Gasteiger partial charge in [0.25, 0.3) is 0 Å². The molecule has 1 aliphatic rings. The second-order valence-corrected chi connectivity index (χ2v) is 5.24. The fourth-order valence-corrected chi connectivity index (χ4v) is 2.52. The van der Waals surface area contributed by atoms with Gasteiger partial charge in [0.2, 0.25) is 6.29 Å².